The Kier molecular flexibility index (Phi) is 4.56. The lowest BCUT2D eigenvalue weighted by Crippen LogP contribution is -2.46. The van der Waals surface area contributed by atoms with Crippen LogP contribution in [0.1, 0.15) is 45.3 Å². The smallest absolute Gasteiger partial charge is 0.230 e. The fourth-order valence-electron chi connectivity index (χ4n) is 2.60. The van der Waals surface area contributed by atoms with Crippen LogP contribution in [-0.4, -0.2) is 22.7 Å². The fraction of sp³-hybridized carbons (Fsp3) is 0.667. The molecule has 0 atom stereocenters. The summed E-state index contributed by atoms with van der Waals surface area (Å²) in [6.07, 6.45) is 6.23. The van der Waals surface area contributed by atoms with Gasteiger partial charge in [0.05, 0.1) is 18.2 Å². The standard InChI is InChI=1S/C15H22ClNO2/c1-15(2,11-16)14(18)17(12-6-3-4-7-12)10-13-8-5-9-19-13/h5,8-9,12H,3-4,6-7,10-11H2,1-2H3. The lowest BCUT2D eigenvalue weighted by atomic mass is 9.93. The van der Waals surface area contributed by atoms with E-state index < -0.39 is 5.41 Å². The largest absolute Gasteiger partial charge is 0.467 e. The van der Waals surface area contributed by atoms with Gasteiger partial charge in [0.25, 0.3) is 0 Å². The van der Waals surface area contributed by atoms with Gasteiger partial charge in [-0.05, 0) is 38.8 Å². The molecule has 1 aromatic heterocycles. The van der Waals surface area contributed by atoms with Crippen molar-refractivity contribution in [1.82, 2.24) is 4.90 Å². The summed E-state index contributed by atoms with van der Waals surface area (Å²) in [4.78, 5) is 14.7. The van der Waals surface area contributed by atoms with E-state index in [-0.39, 0.29) is 5.91 Å². The first-order chi connectivity index (χ1) is 9.04. The molecule has 1 amide bonds. The number of alkyl halides is 1. The molecule has 1 heterocycles. The van der Waals surface area contributed by atoms with Crippen molar-refractivity contribution in [1.29, 1.82) is 0 Å². The number of rotatable bonds is 5. The van der Waals surface area contributed by atoms with Gasteiger partial charge in [-0.3, -0.25) is 4.79 Å². The number of nitrogens with zero attached hydrogens (tertiary/aromatic N) is 1. The fourth-order valence-corrected chi connectivity index (χ4v) is 2.71. The van der Waals surface area contributed by atoms with Gasteiger partial charge >= 0.3 is 0 Å². The molecule has 3 nitrogen and oxygen atoms in total. The summed E-state index contributed by atoms with van der Waals surface area (Å²) in [5.74, 6) is 1.31. The van der Waals surface area contributed by atoms with Gasteiger partial charge in [-0.25, -0.2) is 0 Å². The number of amides is 1. The highest BCUT2D eigenvalue weighted by Gasteiger charge is 2.36. The first kappa shape index (κ1) is 14.4. The van der Waals surface area contributed by atoms with Gasteiger partial charge < -0.3 is 9.32 Å². The molecule has 1 fully saturated rings. The van der Waals surface area contributed by atoms with E-state index in [9.17, 15) is 4.79 Å². The minimum Gasteiger partial charge on any atom is -0.467 e. The molecular formula is C15H22ClNO2. The zero-order chi connectivity index (χ0) is 13.9. The molecule has 0 bridgehead atoms. The third-order valence-electron chi connectivity index (χ3n) is 3.85. The molecule has 106 valence electrons. The summed E-state index contributed by atoms with van der Waals surface area (Å²) in [5, 5.41) is 0. The van der Waals surface area contributed by atoms with E-state index in [1.54, 1.807) is 6.26 Å². The molecule has 19 heavy (non-hydrogen) atoms. The van der Waals surface area contributed by atoms with E-state index in [4.69, 9.17) is 16.0 Å². The summed E-state index contributed by atoms with van der Waals surface area (Å²) in [5.41, 5.74) is -0.517. The van der Waals surface area contributed by atoms with E-state index >= 15 is 0 Å². The average Bonchev–Trinajstić information content (AvgIpc) is 3.07. The Morgan fingerprint density at radius 1 is 1.47 bits per heavy atom. The van der Waals surface area contributed by atoms with Crippen LogP contribution in [0, 0.1) is 5.41 Å². The van der Waals surface area contributed by atoms with Gasteiger partial charge in [0, 0.05) is 11.9 Å². The van der Waals surface area contributed by atoms with Gasteiger partial charge in [0.1, 0.15) is 5.76 Å². The lowest BCUT2D eigenvalue weighted by molar-refractivity contribution is -0.142. The Labute approximate surface area is 119 Å². The molecular weight excluding hydrogens is 262 g/mol. The SMILES string of the molecule is CC(C)(CCl)C(=O)N(Cc1ccco1)C1CCCC1. The van der Waals surface area contributed by atoms with E-state index in [0.717, 1.165) is 18.6 Å². The third-order valence-corrected chi connectivity index (χ3v) is 4.51. The molecule has 0 unspecified atom stereocenters. The number of halogens is 1. The van der Waals surface area contributed by atoms with Crippen LogP contribution in [0.4, 0.5) is 0 Å². The van der Waals surface area contributed by atoms with Crippen molar-refractivity contribution in [2.45, 2.75) is 52.1 Å². The van der Waals surface area contributed by atoms with Crippen LogP contribution in [-0.2, 0) is 11.3 Å². The number of carbonyl (C=O) groups is 1. The number of hydrogen-bond acceptors (Lipinski definition) is 2. The second kappa shape index (κ2) is 6.00. The highest BCUT2D eigenvalue weighted by atomic mass is 35.5. The molecule has 1 aliphatic carbocycles. The Bertz CT molecular complexity index is 408. The van der Waals surface area contributed by atoms with Crippen molar-refractivity contribution >= 4 is 17.5 Å². The van der Waals surface area contributed by atoms with Crippen LogP contribution in [0.5, 0.6) is 0 Å². The van der Waals surface area contributed by atoms with Crippen molar-refractivity contribution in [3.8, 4) is 0 Å². The lowest BCUT2D eigenvalue weighted by Gasteiger charge is -2.34. The summed E-state index contributed by atoms with van der Waals surface area (Å²) in [7, 11) is 0. The van der Waals surface area contributed by atoms with Crippen molar-refractivity contribution < 1.29 is 9.21 Å². The summed E-state index contributed by atoms with van der Waals surface area (Å²) < 4.78 is 5.39. The summed E-state index contributed by atoms with van der Waals surface area (Å²) in [6.45, 7) is 4.37. The van der Waals surface area contributed by atoms with Crippen LogP contribution >= 0.6 is 11.6 Å². The predicted molar refractivity (Wildman–Crippen MR) is 76.0 cm³/mol. The zero-order valence-corrected chi connectivity index (χ0v) is 12.4. The molecule has 1 aromatic rings. The first-order valence-electron chi connectivity index (χ1n) is 6.94. The van der Waals surface area contributed by atoms with E-state index in [2.05, 4.69) is 0 Å². The maximum absolute atomic E-state index is 12.7. The van der Waals surface area contributed by atoms with Crippen LogP contribution in [0.15, 0.2) is 22.8 Å². The average molecular weight is 284 g/mol. The first-order valence-corrected chi connectivity index (χ1v) is 7.47. The topological polar surface area (TPSA) is 33.5 Å². The van der Waals surface area contributed by atoms with E-state index in [1.807, 2.05) is 30.9 Å². The number of carbonyl (C=O) groups excluding carboxylic acids is 1. The van der Waals surface area contributed by atoms with Crippen LogP contribution in [0.2, 0.25) is 0 Å². The third kappa shape index (κ3) is 3.33. The zero-order valence-electron chi connectivity index (χ0n) is 11.7. The van der Waals surface area contributed by atoms with E-state index in [1.165, 1.54) is 12.8 Å². The van der Waals surface area contributed by atoms with Crippen LogP contribution in [0.25, 0.3) is 0 Å². The highest BCUT2D eigenvalue weighted by molar-refractivity contribution is 6.19. The van der Waals surface area contributed by atoms with Crippen LogP contribution < -0.4 is 0 Å². The molecule has 2 rings (SSSR count). The normalized spacial score (nSPS) is 16.8. The Morgan fingerprint density at radius 3 is 2.68 bits per heavy atom. The minimum atomic E-state index is -0.517. The Morgan fingerprint density at radius 2 is 2.16 bits per heavy atom. The molecule has 1 aliphatic rings. The Hall–Kier alpha value is -0.960. The van der Waals surface area contributed by atoms with Gasteiger partial charge in [-0.2, -0.15) is 0 Å². The molecule has 0 N–H and O–H groups in total. The predicted octanol–water partition coefficient (Wildman–Crippen LogP) is 3.82. The van der Waals surface area contributed by atoms with E-state index in [0.29, 0.717) is 18.5 Å². The van der Waals surface area contributed by atoms with Crippen molar-refractivity contribution in [2.75, 3.05) is 5.88 Å². The molecule has 1 saturated carbocycles. The maximum Gasteiger partial charge on any atom is 0.230 e. The molecule has 0 aromatic carbocycles. The second-order valence-electron chi connectivity index (χ2n) is 5.97. The monoisotopic (exact) mass is 283 g/mol. The minimum absolute atomic E-state index is 0.130. The number of furan rings is 1. The quantitative estimate of drug-likeness (QED) is 0.770. The summed E-state index contributed by atoms with van der Waals surface area (Å²) >= 11 is 5.95. The summed E-state index contributed by atoms with van der Waals surface area (Å²) in [6, 6.07) is 4.11. The van der Waals surface area contributed by atoms with Gasteiger partial charge in [-0.15, -0.1) is 11.6 Å². The molecule has 0 aliphatic heterocycles. The maximum atomic E-state index is 12.7. The van der Waals surface area contributed by atoms with Crippen molar-refractivity contribution in [3.63, 3.8) is 0 Å². The van der Waals surface area contributed by atoms with Gasteiger partial charge in [-0.1, -0.05) is 12.8 Å². The van der Waals surface area contributed by atoms with Gasteiger partial charge in [0.2, 0.25) is 5.91 Å². The van der Waals surface area contributed by atoms with Crippen molar-refractivity contribution in [2.24, 2.45) is 5.41 Å². The molecule has 0 spiro atoms. The molecule has 4 heteroatoms. The number of hydrogen-bond donors (Lipinski definition) is 0. The van der Waals surface area contributed by atoms with Gasteiger partial charge in [0.15, 0.2) is 0 Å². The Balaban J connectivity index is 2.16. The highest BCUT2D eigenvalue weighted by Crippen LogP contribution is 2.30. The second-order valence-corrected chi connectivity index (χ2v) is 6.24. The molecule has 0 radical (unpaired) electrons. The van der Waals surface area contributed by atoms with Crippen LogP contribution in [0.3, 0.4) is 0 Å². The molecule has 0 saturated heterocycles. The van der Waals surface area contributed by atoms with Crippen molar-refractivity contribution in [3.05, 3.63) is 24.2 Å².